The molecule has 38 heavy (non-hydrogen) atoms. The van der Waals surface area contributed by atoms with Gasteiger partial charge in [-0.15, -0.1) is 6.58 Å². The lowest BCUT2D eigenvalue weighted by atomic mass is 10.0. The molecule has 0 bridgehead atoms. The first-order valence-electron chi connectivity index (χ1n) is 12.6. The van der Waals surface area contributed by atoms with Gasteiger partial charge in [0.25, 0.3) is 6.29 Å². The average Bonchev–Trinajstić information content (AvgIpc) is 3.46. The molecular weight excluding hydrogens is 592 g/mol. The van der Waals surface area contributed by atoms with E-state index in [2.05, 4.69) is 32.5 Å². The van der Waals surface area contributed by atoms with E-state index in [1.54, 1.807) is 16.1 Å². The second-order valence-electron chi connectivity index (χ2n) is 9.51. The van der Waals surface area contributed by atoms with Gasteiger partial charge in [-0.1, -0.05) is 40.2 Å². The lowest BCUT2D eigenvalue weighted by molar-refractivity contribution is 0.0459. The number of hydrogen-bond acceptors (Lipinski definition) is 9. The third-order valence-electron chi connectivity index (χ3n) is 6.82. The van der Waals surface area contributed by atoms with Crippen LogP contribution in [-0.2, 0) is 16.6 Å². The number of aryl methyl sites for hydroxylation is 1. The highest BCUT2D eigenvalue weighted by molar-refractivity contribution is 9.10. The van der Waals surface area contributed by atoms with Gasteiger partial charge in [0.2, 0.25) is 10.0 Å². The van der Waals surface area contributed by atoms with E-state index in [4.69, 9.17) is 20.2 Å². The first-order chi connectivity index (χ1) is 18.2. The van der Waals surface area contributed by atoms with Crippen molar-refractivity contribution < 1.29 is 17.9 Å². The summed E-state index contributed by atoms with van der Waals surface area (Å²) in [5.41, 5.74) is 7.33. The minimum absolute atomic E-state index is 0.0701. The molecule has 1 saturated heterocycles. The van der Waals surface area contributed by atoms with Gasteiger partial charge in [0.1, 0.15) is 6.33 Å². The van der Waals surface area contributed by atoms with Crippen molar-refractivity contribution in [2.75, 3.05) is 18.5 Å². The van der Waals surface area contributed by atoms with Crippen LogP contribution in [0.15, 0.2) is 46.8 Å². The molecule has 3 unspecified atom stereocenters. The maximum Gasteiger partial charge on any atom is 0.253 e. The minimum atomic E-state index is -3.28. The predicted molar refractivity (Wildman–Crippen MR) is 152 cm³/mol. The largest absolute Gasteiger partial charge is 0.450 e. The standard InChI is InChI=1S/C25H31BrN6O4S2/c1-3-4-8-20(24-35-18-10-9-16(26)14-19(18)36-24)37-25-30-21-22(27)28-15-29-23(21)31(25)13-11-17-7-5-6-12-32(17)38(2,33)34/h3,9-10,14-15,17,20,24H,1,4-8,11-13H2,2H3,(H2,27,28,29). The number of benzene rings is 1. The Kier molecular flexibility index (Phi) is 8.17. The van der Waals surface area contributed by atoms with Crippen LogP contribution in [-0.4, -0.2) is 62.6 Å². The lowest BCUT2D eigenvalue weighted by Gasteiger charge is -2.33. The SMILES string of the molecule is C=CCCC(Sc1nc2c(N)ncnc2n1CCC1CCCCN1S(C)(=O)=O)C1Oc2ccc(Br)cc2O1. The van der Waals surface area contributed by atoms with E-state index in [1.807, 2.05) is 28.8 Å². The van der Waals surface area contributed by atoms with E-state index >= 15 is 0 Å². The first kappa shape index (κ1) is 27.2. The molecule has 3 atom stereocenters. The van der Waals surface area contributed by atoms with E-state index < -0.39 is 16.3 Å². The quantitative estimate of drug-likeness (QED) is 0.255. The number of nitrogens with zero attached hydrogens (tertiary/aromatic N) is 5. The van der Waals surface area contributed by atoms with Gasteiger partial charge < -0.3 is 19.8 Å². The topological polar surface area (TPSA) is 125 Å². The molecule has 0 radical (unpaired) electrons. The molecule has 204 valence electrons. The molecule has 2 aliphatic heterocycles. The number of imidazole rings is 1. The number of nitrogen functional groups attached to an aromatic ring is 1. The molecule has 1 aromatic carbocycles. The summed E-state index contributed by atoms with van der Waals surface area (Å²) in [7, 11) is -3.28. The number of piperidine rings is 1. The van der Waals surface area contributed by atoms with Crippen LogP contribution in [0.2, 0.25) is 0 Å². The number of fused-ring (bicyclic) bond motifs is 2. The Balaban J connectivity index is 1.43. The van der Waals surface area contributed by atoms with Crippen LogP contribution in [0.5, 0.6) is 11.5 Å². The summed E-state index contributed by atoms with van der Waals surface area (Å²) in [6.07, 6.45) is 8.97. The smallest absolute Gasteiger partial charge is 0.253 e. The van der Waals surface area contributed by atoms with Crippen molar-refractivity contribution in [2.45, 2.75) is 67.8 Å². The van der Waals surface area contributed by atoms with Gasteiger partial charge in [0, 0.05) is 23.6 Å². The summed E-state index contributed by atoms with van der Waals surface area (Å²) >= 11 is 5.03. The molecule has 2 N–H and O–H groups in total. The Hall–Kier alpha value is -2.35. The average molecular weight is 624 g/mol. The molecule has 2 aromatic heterocycles. The molecule has 1 fully saturated rings. The normalized spacial score (nSPS) is 20.6. The zero-order valence-corrected chi connectivity index (χ0v) is 24.3. The number of anilines is 1. The summed E-state index contributed by atoms with van der Waals surface area (Å²) < 4.78 is 41.8. The summed E-state index contributed by atoms with van der Waals surface area (Å²) in [5, 5.41) is 0.610. The van der Waals surface area contributed by atoms with Crippen molar-refractivity contribution >= 4 is 54.7 Å². The van der Waals surface area contributed by atoms with Crippen LogP contribution in [0.4, 0.5) is 5.82 Å². The number of allylic oxidation sites excluding steroid dienone is 1. The maximum absolute atomic E-state index is 12.4. The number of rotatable bonds is 10. The summed E-state index contributed by atoms with van der Waals surface area (Å²) in [6.45, 7) is 4.98. The number of aromatic nitrogens is 4. The van der Waals surface area contributed by atoms with E-state index in [-0.39, 0.29) is 11.3 Å². The highest BCUT2D eigenvalue weighted by Gasteiger charge is 2.35. The predicted octanol–water partition coefficient (Wildman–Crippen LogP) is 4.60. The monoisotopic (exact) mass is 622 g/mol. The van der Waals surface area contributed by atoms with Gasteiger partial charge in [-0.3, -0.25) is 0 Å². The first-order valence-corrected chi connectivity index (χ1v) is 16.1. The van der Waals surface area contributed by atoms with Crippen LogP contribution < -0.4 is 15.2 Å². The van der Waals surface area contributed by atoms with Crippen LogP contribution in [0.25, 0.3) is 11.2 Å². The summed E-state index contributed by atoms with van der Waals surface area (Å²) in [6, 6.07) is 5.63. The molecule has 0 aliphatic carbocycles. The molecule has 3 aromatic rings. The fourth-order valence-corrected chi connectivity index (χ4v) is 7.72. The highest BCUT2D eigenvalue weighted by Crippen LogP contribution is 2.42. The zero-order valence-electron chi connectivity index (χ0n) is 21.1. The van der Waals surface area contributed by atoms with Crippen molar-refractivity contribution in [1.29, 1.82) is 0 Å². The number of sulfonamides is 1. The van der Waals surface area contributed by atoms with Crippen LogP contribution >= 0.6 is 27.7 Å². The highest BCUT2D eigenvalue weighted by atomic mass is 79.9. The Morgan fingerprint density at radius 2 is 2.11 bits per heavy atom. The van der Waals surface area contributed by atoms with Gasteiger partial charge in [-0.05, 0) is 50.3 Å². The number of thioether (sulfide) groups is 1. The van der Waals surface area contributed by atoms with Gasteiger partial charge in [-0.25, -0.2) is 23.4 Å². The van der Waals surface area contributed by atoms with Gasteiger partial charge in [0.05, 0.1) is 11.5 Å². The molecule has 5 rings (SSSR count). The molecule has 0 spiro atoms. The molecule has 2 aliphatic rings. The number of hydrogen-bond donors (Lipinski definition) is 1. The van der Waals surface area contributed by atoms with Crippen molar-refractivity contribution in [3.8, 4) is 11.5 Å². The van der Waals surface area contributed by atoms with Crippen LogP contribution in [0.3, 0.4) is 0 Å². The Labute approximate surface area is 235 Å². The number of ether oxygens (including phenoxy) is 2. The summed E-state index contributed by atoms with van der Waals surface area (Å²) in [5.74, 6) is 1.69. The van der Waals surface area contributed by atoms with E-state index in [1.165, 1.54) is 12.6 Å². The molecule has 13 heteroatoms. The molecule has 0 amide bonds. The third kappa shape index (κ3) is 5.80. The van der Waals surface area contributed by atoms with E-state index in [0.717, 1.165) is 36.6 Å². The van der Waals surface area contributed by atoms with Gasteiger partial charge in [0.15, 0.2) is 33.6 Å². The van der Waals surface area contributed by atoms with Crippen LogP contribution in [0.1, 0.15) is 38.5 Å². The maximum atomic E-state index is 12.4. The van der Waals surface area contributed by atoms with E-state index in [0.29, 0.717) is 53.1 Å². The molecule has 10 nitrogen and oxygen atoms in total. The molecule has 4 heterocycles. The second kappa shape index (κ2) is 11.4. The second-order valence-corrected chi connectivity index (χ2v) is 13.6. The fraction of sp³-hybridized carbons (Fsp3) is 0.480. The summed E-state index contributed by atoms with van der Waals surface area (Å²) in [4.78, 5) is 13.4. The fourth-order valence-electron chi connectivity index (χ4n) is 4.97. The van der Waals surface area contributed by atoms with Gasteiger partial charge in [-0.2, -0.15) is 4.31 Å². The zero-order chi connectivity index (χ0) is 26.9. The molecule has 0 saturated carbocycles. The van der Waals surface area contributed by atoms with Crippen molar-refractivity contribution in [2.24, 2.45) is 0 Å². The Morgan fingerprint density at radius 3 is 2.89 bits per heavy atom. The number of halogens is 1. The van der Waals surface area contributed by atoms with Gasteiger partial charge >= 0.3 is 0 Å². The number of nitrogens with two attached hydrogens (primary N) is 1. The van der Waals surface area contributed by atoms with Crippen LogP contribution in [0, 0.1) is 0 Å². The third-order valence-corrected chi connectivity index (χ3v) is 9.93. The van der Waals surface area contributed by atoms with Crippen molar-refractivity contribution in [1.82, 2.24) is 23.8 Å². The molecular formula is C25H31BrN6O4S2. The lowest BCUT2D eigenvalue weighted by Crippen LogP contribution is -2.43. The minimum Gasteiger partial charge on any atom is -0.450 e. The van der Waals surface area contributed by atoms with Crippen molar-refractivity contribution in [3.05, 3.63) is 41.7 Å². The Bertz CT molecular complexity index is 1430. The van der Waals surface area contributed by atoms with Crippen molar-refractivity contribution in [3.63, 3.8) is 0 Å². The Morgan fingerprint density at radius 1 is 1.29 bits per heavy atom. The van der Waals surface area contributed by atoms with E-state index in [9.17, 15) is 8.42 Å².